The number of nitrogens with zero attached hydrogens (tertiary/aromatic N) is 4. The summed E-state index contributed by atoms with van der Waals surface area (Å²) in [6, 6.07) is 1.80. The minimum atomic E-state index is 0.824. The predicted molar refractivity (Wildman–Crippen MR) is 35.1 cm³/mol. The number of aromatic nitrogens is 4. The minimum Gasteiger partial charge on any atom is -0.264 e. The second-order valence-corrected chi connectivity index (χ2v) is 1.87. The van der Waals surface area contributed by atoms with Crippen molar-refractivity contribution in [1.82, 2.24) is 20.4 Å². The van der Waals surface area contributed by atoms with Crippen molar-refractivity contribution in [3.63, 3.8) is 0 Å². The van der Waals surface area contributed by atoms with Crippen LogP contribution in [0, 0.1) is 0 Å². The first-order chi connectivity index (χ1) is 4.97. The molecule has 4 nitrogen and oxygen atoms in total. The molecular weight excluding hydrogens is 128 g/mol. The lowest BCUT2D eigenvalue weighted by molar-refractivity contribution is 0.894. The fourth-order valence-corrected chi connectivity index (χ4v) is 0.752. The summed E-state index contributed by atoms with van der Waals surface area (Å²) in [5, 5.41) is 11.8. The van der Waals surface area contributed by atoms with Gasteiger partial charge in [-0.15, -0.1) is 10.2 Å². The Morgan fingerprint density at radius 1 is 1.20 bits per heavy atom. The van der Waals surface area contributed by atoms with Gasteiger partial charge in [0.2, 0.25) is 0 Å². The fraction of sp³-hybridized carbons (Fsp3) is 0. The second-order valence-electron chi connectivity index (χ2n) is 1.87. The lowest BCUT2D eigenvalue weighted by Crippen LogP contribution is -1.86. The SMILES string of the molecule is c1cc2nnncc2cn1. The summed E-state index contributed by atoms with van der Waals surface area (Å²) in [5.41, 5.74) is 0.824. The van der Waals surface area contributed by atoms with Crippen LogP contribution in [0.15, 0.2) is 24.7 Å². The third-order valence-corrected chi connectivity index (χ3v) is 1.23. The standard InChI is InChI=1S/C6H4N4/c1-2-7-3-5-4-8-10-9-6(1)5/h1-4H. The summed E-state index contributed by atoms with van der Waals surface area (Å²) >= 11 is 0. The van der Waals surface area contributed by atoms with E-state index in [0.29, 0.717) is 0 Å². The van der Waals surface area contributed by atoms with Gasteiger partial charge in [-0.3, -0.25) is 4.98 Å². The zero-order valence-electron chi connectivity index (χ0n) is 5.10. The molecule has 0 fully saturated rings. The van der Waals surface area contributed by atoms with Gasteiger partial charge >= 0.3 is 0 Å². The zero-order chi connectivity index (χ0) is 6.81. The number of rotatable bonds is 0. The van der Waals surface area contributed by atoms with Crippen molar-refractivity contribution in [2.75, 3.05) is 0 Å². The minimum absolute atomic E-state index is 0.824. The molecule has 0 aromatic carbocycles. The molecule has 4 heteroatoms. The van der Waals surface area contributed by atoms with Crippen molar-refractivity contribution in [3.05, 3.63) is 24.7 Å². The molecule has 0 radical (unpaired) electrons. The van der Waals surface area contributed by atoms with Crippen LogP contribution in [-0.4, -0.2) is 20.4 Å². The Bertz CT molecular complexity index is 281. The third-order valence-electron chi connectivity index (χ3n) is 1.23. The largest absolute Gasteiger partial charge is 0.264 e. The van der Waals surface area contributed by atoms with Crippen LogP contribution in [0.25, 0.3) is 10.9 Å². The van der Waals surface area contributed by atoms with E-state index >= 15 is 0 Å². The van der Waals surface area contributed by atoms with Gasteiger partial charge in [0.1, 0.15) is 0 Å². The Balaban J connectivity index is 2.89. The zero-order valence-corrected chi connectivity index (χ0v) is 5.10. The van der Waals surface area contributed by atoms with Crippen molar-refractivity contribution in [2.45, 2.75) is 0 Å². The van der Waals surface area contributed by atoms with Gasteiger partial charge in [0.15, 0.2) is 0 Å². The number of pyridine rings is 1. The van der Waals surface area contributed by atoms with Crippen LogP contribution < -0.4 is 0 Å². The van der Waals surface area contributed by atoms with E-state index in [0.717, 1.165) is 10.9 Å². The van der Waals surface area contributed by atoms with Crippen molar-refractivity contribution >= 4 is 10.9 Å². The van der Waals surface area contributed by atoms with E-state index in [-0.39, 0.29) is 0 Å². The van der Waals surface area contributed by atoms with E-state index in [2.05, 4.69) is 20.4 Å². The van der Waals surface area contributed by atoms with Crippen LogP contribution in [0.4, 0.5) is 0 Å². The van der Waals surface area contributed by atoms with Gasteiger partial charge in [-0.05, 0) is 11.3 Å². The molecule has 0 aliphatic carbocycles. The van der Waals surface area contributed by atoms with Gasteiger partial charge in [-0.2, -0.15) is 0 Å². The van der Waals surface area contributed by atoms with Gasteiger partial charge in [0.05, 0.1) is 11.7 Å². The second kappa shape index (κ2) is 1.98. The normalized spacial score (nSPS) is 10.0. The first-order valence-electron chi connectivity index (χ1n) is 2.85. The van der Waals surface area contributed by atoms with Crippen LogP contribution in [-0.2, 0) is 0 Å². The predicted octanol–water partition coefficient (Wildman–Crippen LogP) is 0.420. The Labute approximate surface area is 56.9 Å². The smallest absolute Gasteiger partial charge is 0.0994 e. The van der Waals surface area contributed by atoms with Crippen molar-refractivity contribution < 1.29 is 0 Å². The summed E-state index contributed by atoms with van der Waals surface area (Å²) in [5.74, 6) is 0. The number of hydrogen-bond acceptors (Lipinski definition) is 4. The Kier molecular flexibility index (Phi) is 1.04. The highest BCUT2D eigenvalue weighted by Crippen LogP contribution is 2.03. The molecule has 2 aromatic rings. The third kappa shape index (κ3) is 0.699. The number of hydrogen-bond donors (Lipinski definition) is 0. The molecule has 2 rings (SSSR count). The Hall–Kier alpha value is -1.58. The Morgan fingerprint density at radius 3 is 3.10 bits per heavy atom. The molecule has 0 amide bonds. The molecule has 0 saturated carbocycles. The van der Waals surface area contributed by atoms with Gasteiger partial charge in [-0.25, -0.2) is 0 Å². The molecule has 0 bridgehead atoms. The average Bonchev–Trinajstić information content (AvgIpc) is 2.05. The van der Waals surface area contributed by atoms with Crippen molar-refractivity contribution in [1.29, 1.82) is 0 Å². The summed E-state index contributed by atoms with van der Waals surface area (Å²) in [7, 11) is 0. The summed E-state index contributed by atoms with van der Waals surface area (Å²) < 4.78 is 0. The average molecular weight is 132 g/mol. The lowest BCUT2D eigenvalue weighted by Gasteiger charge is -1.88. The topological polar surface area (TPSA) is 51.6 Å². The molecule has 0 N–H and O–H groups in total. The first kappa shape index (κ1) is 5.22. The van der Waals surface area contributed by atoms with Gasteiger partial charge < -0.3 is 0 Å². The maximum Gasteiger partial charge on any atom is 0.0994 e. The number of fused-ring (bicyclic) bond motifs is 1. The van der Waals surface area contributed by atoms with Crippen LogP contribution in [0.3, 0.4) is 0 Å². The summed E-state index contributed by atoms with van der Waals surface area (Å²) in [4.78, 5) is 3.91. The maximum atomic E-state index is 3.91. The molecule has 0 saturated heterocycles. The van der Waals surface area contributed by atoms with Gasteiger partial charge in [-0.1, -0.05) is 0 Å². The van der Waals surface area contributed by atoms with Crippen LogP contribution in [0.1, 0.15) is 0 Å². The summed E-state index contributed by atoms with van der Waals surface area (Å²) in [6.45, 7) is 0. The molecular formula is C6H4N4. The van der Waals surface area contributed by atoms with E-state index in [9.17, 15) is 0 Å². The van der Waals surface area contributed by atoms with E-state index in [1.165, 1.54) is 0 Å². The monoisotopic (exact) mass is 132 g/mol. The highest BCUT2D eigenvalue weighted by Gasteiger charge is 1.89. The molecule has 0 spiro atoms. The lowest BCUT2D eigenvalue weighted by atomic mass is 10.3. The van der Waals surface area contributed by atoms with E-state index in [4.69, 9.17) is 0 Å². The molecule has 0 unspecified atom stereocenters. The Morgan fingerprint density at radius 2 is 2.20 bits per heavy atom. The van der Waals surface area contributed by atoms with E-state index in [1.807, 2.05) is 0 Å². The molecule has 0 atom stereocenters. The van der Waals surface area contributed by atoms with E-state index in [1.54, 1.807) is 24.7 Å². The molecule has 48 valence electrons. The quantitative estimate of drug-likeness (QED) is 0.521. The highest BCUT2D eigenvalue weighted by atomic mass is 15.3. The molecule has 0 aliphatic heterocycles. The first-order valence-corrected chi connectivity index (χ1v) is 2.85. The summed E-state index contributed by atoms with van der Waals surface area (Å²) in [6.07, 6.45) is 5.02. The van der Waals surface area contributed by atoms with Gasteiger partial charge in [0.25, 0.3) is 0 Å². The van der Waals surface area contributed by atoms with E-state index < -0.39 is 0 Å². The molecule has 2 heterocycles. The van der Waals surface area contributed by atoms with Crippen LogP contribution in [0.2, 0.25) is 0 Å². The van der Waals surface area contributed by atoms with Crippen molar-refractivity contribution in [3.8, 4) is 0 Å². The fourth-order valence-electron chi connectivity index (χ4n) is 0.752. The molecule has 10 heavy (non-hydrogen) atoms. The molecule has 0 aliphatic rings. The molecule has 2 aromatic heterocycles. The van der Waals surface area contributed by atoms with Crippen molar-refractivity contribution in [2.24, 2.45) is 0 Å². The van der Waals surface area contributed by atoms with Gasteiger partial charge in [0, 0.05) is 17.8 Å². The maximum absolute atomic E-state index is 3.91. The van der Waals surface area contributed by atoms with Crippen LogP contribution in [0.5, 0.6) is 0 Å². The van der Waals surface area contributed by atoms with Crippen LogP contribution >= 0.6 is 0 Å². The highest BCUT2D eigenvalue weighted by molar-refractivity contribution is 5.75.